The number of hydrogen-bond acceptors (Lipinski definition) is 4. The highest BCUT2D eigenvalue weighted by molar-refractivity contribution is 6.41. The van der Waals surface area contributed by atoms with Crippen LogP contribution in [0.3, 0.4) is 0 Å². The Kier molecular flexibility index (Phi) is 5.98. The maximum atomic E-state index is 11.8. The van der Waals surface area contributed by atoms with Crippen molar-refractivity contribution in [3.8, 4) is 5.75 Å². The van der Waals surface area contributed by atoms with Gasteiger partial charge < -0.3 is 4.74 Å². The highest BCUT2D eigenvalue weighted by Crippen LogP contribution is 2.15. The van der Waals surface area contributed by atoms with Gasteiger partial charge in [-0.15, -0.1) is 0 Å². The van der Waals surface area contributed by atoms with Gasteiger partial charge in [0.2, 0.25) is 0 Å². The van der Waals surface area contributed by atoms with Crippen molar-refractivity contribution in [2.45, 2.75) is 25.8 Å². The summed E-state index contributed by atoms with van der Waals surface area (Å²) >= 11 is 11.5. The van der Waals surface area contributed by atoms with Gasteiger partial charge >= 0.3 is 5.97 Å². The average Bonchev–Trinajstić information content (AvgIpc) is 2.52. The molecule has 0 spiro atoms. The molecular formula is C15H14Cl2N2O3. The third-order valence-electron chi connectivity index (χ3n) is 2.92. The van der Waals surface area contributed by atoms with Gasteiger partial charge in [-0.1, -0.05) is 41.4 Å². The zero-order valence-corrected chi connectivity index (χ0v) is 13.2. The number of aryl methyl sites for hydroxylation is 1. The van der Waals surface area contributed by atoms with E-state index in [2.05, 4.69) is 5.10 Å². The molecule has 0 aliphatic heterocycles. The minimum absolute atomic E-state index is 0.0415. The van der Waals surface area contributed by atoms with Gasteiger partial charge in [-0.25, -0.2) is 4.68 Å². The molecule has 5 nitrogen and oxygen atoms in total. The van der Waals surface area contributed by atoms with Crippen molar-refractivity contribution in [2.24, 2.45) is 0 Å². The predicted molar refractivity (Wildman–Crippen MR) is 84.4 cm³/mol. The third-order valence-corrected chi connectivity index (χ3v) is 3.67. The summed E-state index contributed by atoms with van der Waals surface area (Å²) in [7, 11) is 0. The molecule has 116 valence electrons. The lowest BCUT2D eigenvalue weighted by Crippen LogP contribution is -2.23. The average molecular weight is 341 g/mol. The van der Waals surface area contributed by atoms with Gasteiger partial charge in [0.1, 0.15) is 10.8 Å². The van der Waals surface area contributed by atoms with Crippen molar-refractivity contribution < 1.29 is 9.53 Å². The topological polar surface area (TPSA) is 61.2 Å². The Morgan fingerprint density at radius 2 is 1.91 bits per heavy atom. The van der Waals surface area contributed by atoms with Crippen molar-refractivity contribution in [2.75, 3.05) is 0 Å². The van der Waals surface area contributed by atoms with E-state index >= 15 is 0 Å². The van der Waals surface area contributed by atoms with Crippen LogP contribution in [0.1, 0.15) is 19.3 Å². The fourth-order valence-electron chi connectivity index (χ4n) is 1.81. The molecule has 0 aliphatic carbocycles. The molecule has 2 rings (SSSR count). The molecule has 0 unspecified atom stereocenters. The SMILES string of the molecule is O=C(CCCCn1ncc(Cl)c(Cl)c1=O)Oc1ccccc1. The Morgan fingerprint density at radius 3 is 2.64 bits per heavy atom. The van der Waals surface area contributed by atoms with Crippen LogP contribution in [0.4, 0.5) is 0 Å². The first-order valence-electron chi connectivity index (χ1n) is 6.75. The summed E-state index contributed by atoms with van der Waals surface area (Å²) in [5.74, 6) is 0.218. The van der Waals surface area contributed by atoms with Crippen molar-refractivity contribution in [3.63, 3.8) is 0 Å². The summed E-state index contributed by atoms with van der Waals surface area (Å²) in [6.45, 7) is 0.369. The standard InChI is InChI=1S/C15H14Cl2N2O3/c16-12-10-18-19(15(21)14(12)17)9-5-4-8-13(20)22-11-6-2-1-3-7-11/h1-3,6-7,10H,4-5,8-9H2. The Morgan fingerprint density at radius 1 is 1.18 bits per heavy atom. The molecule has 0 atom stereocenters. The molecule has 1 aromatic carbocycles. The lowest BCUT2D eigenvalue weighted by atomic mass is 10.2. The molecule has 0 N–H and O–H groups in total. The van der Waals surface area contributed by atoms with E-state index in [1.165, 1.54) is 10.9 Å². The molecule has 1 heterocycles. The van der Waals surface area contributed by atoms with Crippen LogP contribution in [0, 0.1) is 0 Å². The first-order chi connectivity index (χ1) is 10.6. The molecule has 0 aliphatic rings. The van der Waals surface area contributed by atoms with Crippen LogP contribution in [0.25, 0.3) is 0 Å². The van der Waals surface area contributed by atoms with Gasteiger partial charge in [0.15, 0.2) is 0 Å². The minimum atomic E-state index is -0.430. The van der Waals surface area contributed by atoms with Crippen LogP contribution >= 0.6 is 23.2 Å². The maximum absolute atomic E-state index is 11.8. The monoisotopic (exact) mass is 340 g/mol. The smallest absolute Gasteiger partial charge is 0.311 e. The van der Waals surface area contributed by atoms with E-state index in [1.807, 2.05) is 6.07 Å². The molecule has 1 aromatic heterocycles. The van der Waals surface area contributed by atoms with E-state index < -0.39 is 5.56 Å². The molecule has 2 aromatic rings. The van der Waals surface area contributed by atoms with E-state index in [4.69, 9.17) is 27.9 Å². The molecule has 7 heteroatoms. The second-order valence-corrected chi connectivity index (χ2v) is 5.36. The molecule has 0 amide bonds. The van der Waals surface area contributed by atoms with Crippen LogP contribution in [-0.4, -0.2) is 15.7 Å². The first kappa shape index (κ1) is 16.5. The Balaban J connectivity index is 1.77. The summed E-state index contributed by atoms with van der Waals surface area (Å²) in [6.07, 6.45) is 2.79. The van der Waals surface area contributed by atoms with Crippen molar-refractivity contribution >= 4 is 29.2 Å². The number of carbonyl (C=O) groups excluding carboxylic acids is 1. The summed E-state index contributed by atoms with van der Waals surface area (Å²) in [6, 6.07) is 8.88. The van der Waals surface area contributed by atoms with Crippen LogP contribution < -0.4 is 10.3 Å². The molecule has 0 saturated carbocycles. The van der Waals surface area contributed by atoms with Crippen LogP contribution in [-0.2, 0) is 11.3 Å². The predicted octanol–water partition coefficient (Wildman–Crippen LogP) is 3.33. The van der Waals surface area contributed by atoms with Gasteiger partial charge in [0.05, 0.1) is 11.2 Å². The number of rotatable bonds is 6. The number of carbonyl (C=O) groups is 1. The number of aromatic nitrogens is 2. The van der Waals surface area contributed by atoms with Crippen molar-refractivity contribution in [1.82, 2.24) is 9.78 Å². The summed E-state index contributed by atoms with van der Waals surface area (Å²) < 4.78 is 6.40. The summed E-state index contributed by atoms with van der Waals surface area (Å²) in [5.41, 5.74) is -0.430. The molecule has 0 bridgehead atoms. The molecule has 0 radical (unpaired) electrons. The lowest BCUT2D eigenvalue weighted by Gasteiger charge is -2.06. The minimum Gasteiger partial charge on any atom is -0.427 e. The zero-order valence-electron chi connectivity index (χ0n) is 11.7. The van der Waals surface area contributed by atoms with Gasteiger partial charge in [-0.3, -0.25) is 9.59 Å². The summed E-state index contributed by atoms with van der Waals surface area (Å²) in [4.78, 5) is 23.4. The van der Waals surface area contributed by atoms with E-state index in [1.54, 1.807) is 24.3 Å². The maximum Gasteiger partial charge on any atom is 0.311 e. The van der Waals surface area contributed by atoms with E-state index in [-0.39, 0.29) is 22.4 Å². The second-order valence-electron chi connectivity index (χ2n) is 4.58. The summed E-state index contributed by atoms with van der Waals surface area (Å²) in [5, 5.41) is 3.99. The van der Waals surface area contributed by atoms with Gasteiger partial charge in [0, 0.05) is 13.0 Å². The van der Waals surface area contributed by atoms with E-state index in [9.17, 15) is 9.59 Å². The molecule has 22 heavy (non-hydrogen) atoms. The fourth-order valence-corrected chi connectivity index (χ4v) is 2.08. The highest BCUT2D eigenvalue weighted by Gasteiger charge is 2.08. The van der Waals surface area contributed by atoms with Gasteiger partial charge in [-0.05, 0) is 25.0 Å². The Hall–Kier alpha value is -1.85. The normalized spacial score (nSPS) is 10.5. The number of para-hydroxylation sites is 1. The van der Waals surface area contributed by atoms with Gasteiger partial charge in [-0.2, -0.15) is 5.10 Å². The second kappa shape index (κ2) is 7.96. The largest absolute Gasteiger partial charge is 0.427 e. The number of hydrogen-bond donors (Lipinski definition) is 0. The number of nitrogens with zero attached hydrogens (tertiary/aromatic N) is 2. The highest BCUT2D eigenvalue weighted by atomic mass is 35.5. The van der Waals surface area contributed by atoms with Crippen LogP contribution in [0.5, 0.6) is 5.75 Å². The van der Waals surface area contributed by atoms with Crippen LogP contribution in [0.2, 0.25) is 10.0 Å². The van der Waals surface area contributed by atoms with Gasteiger partial charge in [0.25, 0.3) is 5.56 Å². The third kappa shape index (κ3) is 4.58. The Labute approximate surface area is 137 Å². The number of esters is 1. The van der Waals surface area contributed by atoms with Crippen molar-refractivity contribution in [3.05, 3.63) is 56.9 Å². The van der Waals surface area contributed by atoms with E-state index in [0.717, 1.165) is 0 Å². The van der Waals surface area contributed by atoms with Crippen LogP contribution in [0.15, 0.2) is 41.3 Å². The quantitative estimate of drug-likeness (QED) is 0.459. The number of halogens is 2. The zero-order chi connectivity index (χ0) is 15.9. The number of benzene rings is 1. The first-order valence-corrected chi connectivity index (χ1v) is 7.50. The molecule has 0 saturated heterocycles. The number of unbranched alkanes of at least 4 members (excludes halogenated alkanes) is 1. The molecular weight excluding hydrogens is 327 g/mol. The number of ether oxygens (including phenoxy) is 1. The Bertz CT molecular complexity index is 702. The molecule has 0 fully saturated rings. The fraction of sp³-hybridized carbons (Fsp3) is 0.267. The lowest BCUT2D eigenvalue weighted by molar-refractivity contribution is -0.134. The van der Waals surface area contributed by atoms with E-state index in [0.29, 0.717) is 25.1 Å². The van der Waals surface area contributed by atoms with Crippen molar-refractivity contribution in [1.29, 1.82) is 0 Å².